The molecule has 8 heteroatoms. The monoisotopic (exact) mass is 332 g/mol. The molecule has 0 spiro atoms. The molecule has 2 N–H and O–H groups in total. The van der Waals surface area contributed by atoms with Gasteiger partial charge in [-0.05, 0) is 30.3 Å². The summed E-state index contributed by atoms with van der Waals surface area (Å²) in [5, 5.41) is 4.30. The molecule has 0 unspecified atom stereocenters. The quantitative estimate of drug-likeness (QED) is 0.734. The standard InChI is InChI=1S/C14H9ClF4N2O/c15-10-5-2-6-11(16)12(10)21-13(22)20-9-4-1-3-8(7-9)14(17,18)19/h1-7H,(H2,20,21,22). The molecule has 0 bridgehead atoms. The molecule has 0 aliphatic rings. The molecule has 0 saturated heterocycles. The molecule has 2 amide bonds. The van der Waals surface area contributed by atoms with Crippen LogP contribution in [0, 0.1) is 5.82 Å². The molecule has 0 fully saturated rings. The van der Waals surface area contributed by atoms with Gasteiger partial charge in [-0.1, -0.05) is 23.7 Å². The highest BCUT2D eigenvalue weighted by Gasteiger charge is 2.30. The Morgan fingerprint density at radius 3 is 2.36 bits per heavy atom. The van der Waals surface area contributed by atoms with Crippen molar-refractivity contribution < 1.29 is 22.4 Å². The van der Waals surface area contributed by atoms with Crippen molar-refractivity contribution in [1.82, 2.24) is 0 Å². The molecule has 0 atom stereocenters. The molecule has 0 saturated carbocycles. The number of carbonyl (C=O) groups is 1. The molecule has 2 rings (SSSR count). The van der Waals surface area contributed by atoms with Gasteiger partial charge in [0.05, 0.1) is 16.3 Å². The maximum absolute atomic E-state index is 13.5. The minimum absolute atomic E-state index is 0.0285. The van der Waals surface area contributed by atoms with Crippen LogP contribution in [0.1, 0.15) is 5.56 Å². The van der Waals surface area contributed by atoms with Crippen LogP contribution in [-0.4, -0.2) is 6.03 Å². The zero-order valence-electron chi connectivity index (χ0n) is 10.8. The fraction of sp³-hybridized carbons (Fsp3) is 0.0714. The number of benzene rings is 2. The summed E-state index contributed by atoms with van der Waals surface area (Å²) in [6.07, 6.45) is -4.52. The first-order chi connectivity index (χ1) is 10.3. The maximum atomic E-state index is 13.5. The maximum Gasteiger partial charge on any atom is 0.416 e. The first-order valence-electron chi connectivity index (χ1n) is 5.96. The van der Waals surface area contributed by atoms with E-state index in [1.54, 1.807) is 0 Å². The number of para-hydroxylation sites is 1. The fourth-order valence-corrected chi connectivity index (χ4v) is 1.88. The minimum Gasteiger partial charge on any atom is -0.308 e. The number of hydrogen-bond donors (Lipinski definition) is 2. The second kappa shape index (κ2) is 6.23. The summed E-state index contributed by atoms with van der Waals surface area (Å²) in [6.45, 7) is 0. The number of nitrogens with one attached hydrogen (secondary N) is 2. The van der Waals surface area contributed by atoms with E-state index in [-0.39, 0.29) is 16.4 Å². The Labute approximate surface area is 127 Å². The summed E-state index contributed by atoms with van der Waals surface area (Å²) >= 11 is 5.73. The van der Waals surface area contributed by atoms with Crippen LogP contribution < -0.4 is 10.6 Å². The van der Waals surface area contributed by atoms with Gasteiger partial charge in [-0.3, -0.25) is 0 Å². The molecule has 2 aromatic carbocycles. The van der Waals surface area contributed by atoms with Crippen molar-refractivity contribution in [3.63, 3.8) is 0 Å². The van der Waals surface area contributed by atoms with Gasteiger partial charge in [0.1, 0.15) is 5.82 Å². The Morgan fingerprint density at radius 2 is 1.73 bits per heavy atom. The van der Waals surface area contributed by atoms with Gasteiger partial charge >= 0.3 is 12.2 Å². The minimum atomic E-state index is -4.52. The molecule has 0 aromatic heterocycles. The molecule has 0 aliphatic heterocycles. The van der Waals surface area contributed by atoms with E-state index in [0.717, 1.165) is 24.3 Å². The van der Waals surface area contributed by atoms with E-state index in [1.165, 1.54) is 18.2 Å². The van der Waals surface area contributed by atoms with Crippen LogP contribution in [0.4, 0.5) is 33.7 Å². The number of urea groups is 1. The third kappa shape index (κ3) is 3.88. The van der Waals surface area contributed by atoms with Gasteiger partial charge in [0.15, 0.2) is 0 Å². The lowest BCUT2D eigenvalue weighted by Crippen LogP contribution is -2.20. The van der Waals surface area contributed by atoms with E-state index in [1.807, 2.05) is 0 Å². The van der Waals surface area contributed by atoms with Crippen molar-refractivity contribution in [3.8, 4) is 0 Å². The van der Waals surface area contributed by atoms with Gasteiger partial charge < -0.3 is 10.6 Å². The number of rotatable bonds is 2. The Kier molecular flexibility index (Phi) is 4.56. The molecular formula is C14H9ClF4N2O. The van der Waals surface area contributed by atoms with Crippen molar-refractivity contribution >= 4 is 29.0 Å². The average Bonchev–Trinajstić information content (AvgIpc) is 2.42. The van der Waals surface area contributed by atoms with Crippen LogP contribution in [-0.2, 0) is 6.18 Å². The third-order valence-corrected chi connectivity index (χ3v) is 2.96. The zero-order valence-corrected chi connectivity index (χ0v) is 11.6. The number of anilines is 2. The molecule has 116 valence electrons. The number of carbonyl (C=O) groups excluding carboxylic acids is 1. The summed E-state index contributed by atoms with van der Waals surface area (Å²) in [7, 11) is 0. The van der Waals surface area contributed by atoms with Crippen molar-refractivity contribution in [1.29, 1.82) is 0 Å². The highest BCUT2D eigenvalue weighted by atomic mass is 35.5. The molecular weight excluding hydrogens is 324 g/mol. The molecule has 0 radical (unpaired) electrons. The van der Waals surface area contributed by atoms with Crippen LogP contribution in [0.25, 0.3) is 0 Å². The van der Waals surface area contributed by atoms with Crippen molar-refractivity contribution in [2.45, 2.75) is 6.18 Å². The van der Waals surface area contributed by atoms with Crippen LogP contribution >= 0.6 is 11.6 Å². The fourth-order valence-electron chi connectivity index (χ4n) is 1.67. The van der Waals surface area contributed by atoms with E-state index in [4.69, 9.17) is 11.6 Å². The first-order valence-corrected chi connectivity index (χ1v) is 6.34. The Bertz CT molecular complexity index is 683. The Hall–Kier alpha value is -2.28. The predicted molar refractivity (Wildman–Crippen MR) is 75.5 cm³/mol. The third-order valence-electron chi connectivity index (χ3n) is 2.65. The van der Waals surface area contributed by atoms with E-state index >= 15 is 0 Å². The lowest BCUT2D eigenvalue weighted by Gasteiger charge is -2.11. The Morgan fingerprint density at radius 1 is 1.05 bits per heavy atom. The highest BCUT2D eigenvalue weighted by Crippen LogP contribution is 2.31. The van der Waals surface area contributed by atoms with Gasteiger partial charge in [0.25, 0.3) is 0 Å². The largest absolute Gasteiger partial charge is 0.416 e. The van der Waals surface area contributed by atoms with Crippen LogP contribution in [0.3, 0.4) is 0 Å². The first kappa shape index (κ1) is 16.1. The average molecular weight is 333 g/mol. The van der Waals surface area contributed by atoms with E-state index in [9.17, 15) is 22.4 Å². The van der Waals surface area contributed by atoms with E-state index in [2.05, 4.69) is 10.6 Å². The summed E-state index contributed by atoms with van der Waals surface area (Å²) in [6, 6.07) is 6.96. The second-order valence-electron chi connectivity index (χ2n) is 4.25. The van der Waals surface area contributed by atoms with Gasteiger partial charge in [0, 0.05) is 5.69 Å². The molecule has 3 nitrogen and oxygen atoms in total. The molecule has 22 heavy (non-hydrogen) atoms. The Balaban J connectivity index is 2.13. The second-order valence-corrected chi connectivity index (χ2v) is 4.66. The van der Waals surface area contributed by atoms with Gasteiger partial charge in [-0.25, -0.2) is 9.18 Å². The lowest BCUT2D eigenvalue weighted by molar-refractivity contribution is -0.137. The van der Waals surface area contributed by atoms with Gasteiger partial charge in [-0.2, -0.15) is 13.2 Å². The predicted octanol–water partition coefficient (Wildman–Crippen LogP) is 5.14. The molecule has 0 heterocycles. The normalized spacial score (nSPS) is 11.1. The van der Waals surface area contributed by atoms with Crippen LogP contribution in [0.2, 0.25) is 5.02 Å². The van der Waals surface area contributed by atoms with Crippen LogP contribution in [0.15, 0.2) is 42.5 Å². The topological polar surface area (TPSA) is 41.1 Å². The van der Waals surface area contributed by atoms with Crippen molar-refractivity contribution in [2.24, 2.45) is 0 Å². The van der Waals surface area contributed by atoms with Gasteiger partial charge in [0.2, 0.25) is 0 Å². The number of amides is 2. The summed E-state index contributed by atoms with van der Waals surface area (Å²) < 4.78 is 51.2. The smallest absolute Gasteiger partial charge is 0.308 e. The van der Waals surface area contributed by atoms with E-state index in [0.29, 0.717) is 0 Å². The lowest BCUT2D eigenvalue weighted by atomic mass is 10.2. The summed E-state index contributed by atoms with van der Waals surface area (Å²) in [4.78, 5) is 11.7. The number of alkyl halides is 3. The van der Waals surface area contributed by atoms with Gasteiger partial charge in [-0.15, -0.1) is 0 Å². The number of halogens is 5. The SMILES string of the molecule is O=C(Nc1cccc(C(F)(F)F)c1)Nc1c(F)cccc1Cl. The summed E-state index contributed by atoms with van der Waals surface area (Å²) in [5.41, 5.74) is -1.25. The van der Waals surface area contributed by atoms with Crippen molar-refractivity contribution in [3.05, 3.63) is 58.9 Å². The number of hydrogen-bond acceptors (Lipinski definition) is 1. The van der Waals surface area contributed by atoms with E-state index < -0.39 is 23.6 Å². The molecule has 2 aromatic rings. The highest BCUT2D eigenvalue weighted by molar-refractivity contribution is 6.33. The summed E-state index contributed by atoms with van der Waals surface area (Å²) in [5.74, 6) is -0.758. The zero-order chi connectivity index (χ0) is 16.3. The van der Waals surface area contributed by atoms with Crippen LogP contribution in [0.5, 0.6) is 0 Å². The van der Waals surface area contributed by atoms with Crippen molar-refractivity contribution in [2.75, 3.05) is 10.6 Å². The molecule has 0 aliphatic carbocycles.